The third-order valence-electron chi connectivity index (χ3n) is 4.71. The lowest BCUT2D eigenvalue weighted by Gasteiger charge is -2.36. The van der Waals surface area contributed by atoms with Gasteiger partial charge in [-0.2, -0.15) is 0 Å². The lowest BCUT2D eigenvalue weighted by atomic mass is 9.99. The van der Waals surface area contributed by atoms with Crippen molar-refractivity contribution in [2.45, 2.75) is 63.5 Å². The summed E-state index contributed by atoms with van der Waals surface area (Å²) in [7, 11) is 0. The molecule has 3 rings (SSSR count). The van der Waals surface area contributed by atoms with E-state index in [2.05, 4.69) is 4.90 Å². The fraction of sp³-hybridized carbons (Fsp3) is 0.923. The smallest absolute Gasteiger partial charge is 0.137 e. The zero-order valence-electron chi connectivity index (χ0n) is 9.45. The Bertz CT molecular complexity index is 247. The second-order valence-electron chi connectivity index (χ2n) is 5.57. The first-order valence-electron chi connectivity index (χ1n) is 6.63. The van der Waals surface area contributed by atoms with Crippen molar-refractivity contribution in [2.75, 3.05) is 6.54 Å². The molecular formula is C13H21NO. The van der Waals surface area contributed by atoms with Crippen LogP contribution in [0.1, 0.15) is 51.4 Å². The molecular weight excluding hydrogens is 186 g/mol. The molecule has 2 bridgehead atoms. The molecule has 0 aromatic rings. The third-order valence-corrected chi connectivity index (χ3v) is 4.71. The van der Waals surface area contributed by atoms with Gasteiger partial charge in [0.15, 0.2) is 0 Å². The molecule has 2 heteroatoms. The lowest BCUT2D eigenvalue weighted by molar-refractivity contribution is -0.121. The molecule has 3 atom stereocenters. The monoisotopic (exact) mass is 207 g/mol. The number of fused-ring (bicyclic) bond motifs is 2. The number of carbonyl (C=O) groups is 1. The van der Waals surface area contributed by atoms with Gasteiger partial charge in [-0.15, -0.1) is 0 Å². The molecule has 2 saturated heterocycles. The highest BCUT2D eigenvalue weighted by molar-refractivity contribution is 5.83. The van der Waals surface area contributed by atoms with Gasteiger partial charge >= 0.3 is 0 Å². The van der Waals surface area contributed by atoms with E-state index < -0.39 is 0 Å². The Kier molecular flexibility index (Phi) is 2.55. The van der Waals surface area contributed by atoms with E-state index in [0.29, 0.717) is 11.7 Å². The summed E-state index contributed by atoms with van der Waals surface area (Å²) in [6.45, 7) is 1.09. The number of Topliss-reactive ketones (excluding diaryl/α,β-unsaturated/α-hetero) is 1. The van der Waals surface area contributed by atoms with Crippen LogP contribution < -0.4 is 0 Å². The van der Waals surface area contributed by atoms with Gasteiger partial charge in [-0.1, -0.05) is 6.42 Å². The van der Waals surface area contributed by atoms with Gasteiger partial charge in [-0.25, -0.2) is 0 Å². The zero-order chi connectivity index (χ0) is 10.3. The minimum Gasteiger partial charge on any atom is -0.299 e. The largest absolute Gasteiger partial charge is 0.299 e. The maximum Gasteiger partial charge on any atom is 0.137 e. The molecule has 0 amide bonds. The number of ketones is 1. The van der Waals surface area contributed by atoms with Gasteiger partial charge in [0.25, 0.3) is 0 Å². The van der Waals surface area contributed by atoms with Gasteiger partial charge in [-0.05, 0) is 38.5 Å². The highest BCUT2D eigenvalue weighted by Gasteiger charge is 2.39. The first kappa shape index (κ1) is 9.83. The predicted molar refractivity (Wildman–Crippen MR) is 59.7 cm³/mol. The molecule has 0 radical (unpaired) electrons. The quantitative estimate of drug-likeness (QED) is 0.693. The molecule has 2 heterocycles. The summed E-state index contributed by atoms with van der Waals surface area (Å²) >= 11 is 0. The number of rotatable bonds is 2. The van der Waals surface area contributed by atoms with E-state index in [4.69, 9.17) is 0 Å². The molecule has 2 aliphatic heterocycles. The highest BCUT2D eigenvalue weighted by Crippen LogP contribution is 2.37. The summed E-state index contributed by atoms with van der Waals surface area (Å²) in [6.07, 6.45) is 10.1. The van der Waals surface area contributed by atoms with E-state index in [0.717, 1.165) is 37.9 Å². The molecule has 84 valence electrons. The summed E-state index contributed by atoms with van der Waals surface area (Å²) in [5.41, 5.74) is 0. The molecule has 0 N–H and O–H groups in total. The normalized spacial score (nSPS) is 41.3. The summed E-state index contributed by atoms with van der Waals surface area (Å²) in [6, 6.07) is 1.66. The van der Waals surface area contributed by atoms with Gasteiger partial charge in [-0.3, -0.25) is 9.69 Å². The Labute approximate surface area is 92.0 Å². The second-order valence-corrected chi connectivity index (χ2v) is 5.57. The van der Waals surface area contributed by atoms with Crippen LogP contribution in [0.4, 0.5) is 0 Å². The van der Waals surface area contributed by atoms with Crippen LogP contribution in [0.2, 0.25) is 0 Å². The summed E-state index contributed by atoms with van der Waals surface area (Å²) < 4.78 is 0. The van der Waals surface area contributed by atoms with Crippen molar-refractivity contribution in [1.29, 1.82) is 0 Å². The van der Waals surface area contributed by atoms with Crippen molar-refractivity contribution in [3.8, 4) is 0 Å². The van der Waals surface area contributed by atoms with Crippen LogP contribution in [-0.2, 0) is 4.79 Å². The Balaban J connectivity index is 1.65. The van der Waals surface area contributed by atoms with Crippen LogP contribution in [0.3, 0.4) is 0 Å². The second kappa shape index (κ2) is 3.89. The maximum atomic E-state index is 11.7. The van der Waals surface area contributed by atoms with Gasteiger partial charge in [0.2, 0.25) is 0 Å². The van der Waals surface area contributed by atoms with Crippen LogP contribution in [-0.4, -0.2) is 29.3 Å². The SMILES string of the molecule is O=C1CCCC1CN1C2CCCC1CC2. The Hall–Kier alpha value is -0.370. The number of piperidine rings is 1. The van der Waals surface area contributed by atoms with Crippen LogP contribution in [0.15, 0.2) is 0 Å². The fourth-order valence-electron chi connectivity index (χ4n) is 3.86. The fourth-order valence-corrected chi connectivity index (χ4v) is 3.86. The summed E-state index contributed by atoms with van der Waals surface area (Å²) in [5, 5.41) is 0. The van der Waals surface area contributed by atoms with E-state index in [1.165, 1.54) is 32.1 Å². The van der Waals surface area contributed by atoms with E-state index >= 15 is 0 Å². The first-order valence-corrected chi connectivity index (χ1v) is 6.63. The number of nitrogens with zero attached hydrogens (tertiary/aromatic N) is 1. The average molecular weight is 207 g/mol. The van der Waals surface area contributed by atoms with E-state index in [1.807, 2.05) is 0 Å². The lowest BCUT2D eigenvalue weighted by Crippen LogP contribution is -2.43. The van der Waals surface area contributed by atoms with Gasteiger partial charge in [0, 0.05) is 31.0 Å². The Morgan fingerprint density at radius 1 is 1.00 bits per heavy atom. The minimum absolute atomic E-state index is 0.395. The Morgan fingerprint density at radius 2 is 1.73 bits per heavy atom. The molecule has 15 heavy (non-hydrogen) atoms. The predicted octanol–water partition coefficient (Wildman–Crippen LogP) is 2.37. The molecule has 0 spiro atoms. The van der Waals surface area contributed by atoms with Crippen LogP contribution in [0, 0.1) is 5.92 Å². The molecule has 0 aromatic heterocycles. The van der Waals surface area contributed by atoms with E-state index in [-0.39, 0.29) is 0 Å². The number of hydrogen-bond acceptors (Lipinski definition) is 2. The molecule has 3 unspecified atom stereocenters. The third kappa shape index (κ3) is 1.73. The standard InChI is InChI=1S/C13H21NO/c15-13-6-1-3-10(13)9-14-11-4-2-5-12(14)8-7-11/h10-12H,1-9H2. The maximum absolute atomic E-state index is 11.7. The van der Waals surface area contributed by atoms with Gasteiger partial charge in [0.05, 0.1) is 0 Å². The number of carbonyl (C=O) groups excluding carboxylic acids is 1. The van der Waals surface area contributed by atoms with Gasteiger partial charge < -0.3 is 0 Å². The zero-order valence-corrected chi connectivity index (χ0v) is 9.45. The van der Waals surface area contributed by atoms with Crippen molar-refractivity contribution < 1.29 is 4.79 Å². The van der Waals surface area contributed by atoms with E-state index in [1.54, 1.807) is 0 Å². The van der Waals surface area contributed by atoms with Crippen LogP contribution >= 0.6 is 0 Å². The van der Waals surface area contributed by atoms with Crippen molar-refractivity contribution in [1.82, 2.24) is 4.90 Å². The summed E-state index contributed by atoms with van der Waals surface area (Å²) in [5.74, 6) is 0.936. The molecule has 1 aliphatic carbocycles. The molecule has 0 aromatic carbocycles. The average Bonchev–Trinajstić information content (AvgIpc) is 2.71. The van der Waals surface area contributed by atoms with Crippen LogP contribution in [0.5, 0.6) is 0 Å². The summed E-state index contributed by atoms with van der Waals surface area (Å²) in [4.78, 5) is 14.3. The first-order chi connectivity index (χ1) is 7.34. The van der Waals surface area contributed by atoms with Crippen LogP contribution in [0.25, 0.3) is 0 Å². The minimum atomic E-state index is 0.395. The number of hydrogen-bond donors (Lipinski definition) is 0. The molecule has 1 saturated carbocycles. The molecule has 3 aliphatic rings. The van der Waals surface area contributed by atoms with Gasteiger partial charge in [0.1, 0.15) is 5.78 Å². The topological polar surface area (TPSA) is 20.3 Å². The molecule has 2 nitrogen and oxygen atoms in total. The van der Waals surface area contributed by atoms with Crippen molar-refractivity contribution in [2.24, 2.45) is 5.92 Å². The van der Waals surface area contributed by atoms with E-state index in [9.17, 15) is 4.79 Å². The highest BCUT2D eigenvalue weighted by atomic mass is 16.1. The molecule has 3 fully saturated rings. The Morgan fingerprint density at radius 3 is 2.33 bits per heavy atom. The van der Waals surface area contributed by atoms with Crippen molar-refractivity contribution in [3.63, 3.8) is 0 Å². The van der Waals surface area contributed by atoms with Crippen molar-refractivity contribution in [3.05, 3.63) is 0 Å². The van der Waals surface area contributed by atoms with Crippen molar-refractivity contribution >= 4 is 5.78 Å².